The van der Waals surface area contributed by atoms with Crippen molar-refractivity contribution in [1.82, 2.24) is 30.0 Å². The molecule has 0 bridgehead atoms. The van der Waals surface area contributed by atoms with Crippen LogP contribution in [0.25, 0.3) is 10.9 Å². The number of aromatic nitrogens is 4. The van der Waals surface area contributed by atoms with E-state index in [4.69, 9.17) is 4.74 Å². The van der Waals surface area contributed by atoms with Crippen LogP contribution in [0, 0.1) is 17.8 Å². The molecule has 0 unspecified atom stereocenters. The van der Waals surface area contributed by atoms with Crippen LogP contribution >= 0.6 is 0 Å². The highest BCUT2D eigenvalue weighted by atomic mass is 19.1. The molecule has 3 rings (SSSR count). The first kappa shape index (κ1) is 29.2. The zero-order chi connectivity index (χ0) is 28.7. The van der Waals surface area contributed by atoms with Crippen LogP contribution in [0.1, 0.15) is 46.1 Å². The largest absolute Gasteiger partial charge is 0.444 e. The number of anilines is 3. The molecule has 0 radical (unpaired) electrons. The summed E-state index contributed by atoms with van der Waals surface area (Å²) < 4.78 is 20.8. The molecular formula is C27H35FN8O3. The maximum absolute atomic E-state index is 14.0. The Balaban J connectivity index is 1.51. The molecule has 0 aliphatic heterocycles. The summed E-state index contributed by atoms with van der Waals surface area (Å²) >= 11 is 0. The number of nitrogens with one attached hydrogen (secondary N) is 3. The molecule has 3 aromatic rings. The van der Waals surface area contributed by atoms with Gasteiger partial charge in [0.1, 0.15) is 17.5 Å². The van der Waals surface area contributed by atoms with E-state index in [-0.39, 0.29) is 5.91 Å². The zero-order valence-electron chi connectivity index (χ0n) is 23.3. The van der Waals surface area contributed by atoms with Crippen molar-refractivity contribution in [2.45, 2.75) is 52.2 Å². The number of unbranched alkanes of at least 4 members (excludes halogenated alkanes) is 1. The van der Waals surface area contributed by atoms with Crippen molar-refractivity contribution in [1.29, 1.82) is 0 Å². The molecule has 0 spiro atoms. The van der Waals surface area contributed by atoms with Crippen molar-refractivity contribution in [3.8, 4) is 11.8 Å². The van der Waals surface area contributed by atoms with Gasteiger partial charge in [-0.3, -0.25) is 14.4 Å². The van der Waals surface area contributed by atoms with Crippen LogP contribution in [0.15, 0.2) is 24.4 Å². The fraction of sp³-hybridized carbons (Fsp3) is 0.444. The SMILES string of the molecule is CNc1nc(Nc2ccc3c(c2)c(F)nn3C)ncc1C#CCCCNC(=O)[C@H](C)N(C)C(=O)OC(C)(C)C. The average molecular weight is 539 g/mol. The van der Waals surface area contributed by atoms with Gasteiger partial charge in [0.2, 0.25) is 17.8 Å². The van der Waals surface area contributed by atoms with Crippen LogP contribution in [-0.4, -0.2) is 68.9 Å². The molecule has 0 saturated heterocycles. The molecule has 0 fully saturated rings. The first-order valence-electron chi connectivity index (χ1n) is 12.6. The number of ether oxygens (including phenoxy) is 1. The topological polar surface area (TPSA) is 126 Å². The minimum Gasteiger partial charge on any atom is -0.444 e. The number of nitrogens with zero attached hydrogens (tertiary/aromatic N) is 5. The third kappa shape index (κ3) is 7.80. The van der Waals surface area contributed by atoms with Crippen LogP contribution in [-0.2, 0) is 16.6 Å². The number of amides is 2. The van der Waals surface area contributed by atoms with Crippen LogP contribution in [0.3, 0.4) is 0 Å². The molecule has 2 amide bonds. The number of rotatable bonds is 8. The minimum atomic E-state index is -0.668. The molecule has 3 N–H and O–H groups in total. The number of carbonyl (C=O) groups is 2. The smallest absolute Gasteiger partial charge is 0.410 e. The lowest BCUT2D eigenvalue weighted by atomic mass is 10.2. The number of hydrogen-bond donors (Lipinski definition) is 3. The van der Waals surface area contributed by atoms with Crippen molar-refractivity contribution < 1.29 is 18.7 Å². The molecule has 0 aliphatic carbocycles. The van der Waals surface area contributed by atoms with Gasteiger partial charge < -0.3 is 20.7 Å². The molecule has 39 heavy (non-hydrogen) atoms. The number of benzene rings is 1. The number of halogens is 1. The van der Waals surface area contributed by atoms with Crippen LogP contribution in [0.4, 0.5) is 26.6 Å². The fourth-order valence-corrected chi connectivity index (χ4v) is 3.52. The highest BCUT2D eigenvalue weighted by Crippen LogP contribution is 2.23. The number of likely N-dealkylation sites (N-methyl/N-ethyl adjacent to an activating group) is 1. The Hall–Kier alpha value is -4.40. The normalized spacial score (nSPS) is 11.8. The lowest BCUT2D eigenvalue weighted by molar-refractivity contribution is -0.125. The van der Waals surface area contributed by atoms with Gasteiger partial charge in [-0.05, 0) is 52.3 Å². The van der Waals surface area contributed by atoms with Gasteiger partial charge in [0.15, 0.2) is 0 Å². The monoisotopic (exact) mass is 538 g/mol. The van der Waals surface area contributed by atoms with E-state index in [9.17, 15) is 14.0 Å². The van der Waals surface area contributed by atoms with Gasteiger partial charge in [0.25, 0.3) is 0 Å². The Bertz CT molecular complexity index is 1400. The second kappa shape index (κ2) is 12.4. The Kier molecular flexibility index (Phi) is 9.29. The average Bonchev–Trinajstić information content (AvgIpc) is 3.16. The Labute approximate surface area is 227 Å². The van der Waals surface area contributed by atoms with Gasteiger partial charge in [0, 0.05) is 39.8 Å². The predicted octanol–water partition coefficient (Wildman–Crippen LogP) is 3.79. The van der Waals surface area contributed by atoms with Crippen LogP contribution in [0.5, 0.6) is 0 Å². The van der Waals surface area contributed by atoms with Gasteiger partial charge in [-0.1, -0.05) is 11.8 Å². The maximum Gasteiger partial charge on any atom is 0.410 e. The fourth-order valence-electron chi connectivity index (χ4n) is 3.52. The Morgan fingerprint density at radius 3 is 2.72 bits per heavy atom. The summed E-state index contributed by atoms with van der Waals surface area (Å²) in [6.45, 7) is 7.38. The summed E-state index contributed by atoms with van der Waals surface area (Å²) in [7, 11) is 4.95. The molecule has 12 heteroatoms. The summed E-state index contributed by atoms with van der Waals surface area (Å²) in [5, 5.41) is 13.1. The molecule has 1 atom stereocenters. The molecule has 0 saturated carbocycles. The van der Waals surface area contributed by atoms with Crippen molar-refractivity contribution >= 4 is 40.4 Å². The van der Waals surface area contributed by atoms with Crippen molar-refractivity contribution in [2.24, 2.45) is 7.05 Å². The second-order valence-corrected chi connectivity index (χ2v) is 9.94. The molecule has 0 aliphatic rings. The van der Waals surface area contributed by atoms with E-state index in [1.54, 1.807) is 66.2 Å². The highest BCUT2D eigenvalue weighted by Gasteiger charge is 2.26. The summed E-state index contributed by atoms with van der Waals surface area (Å²) in [6, 6.07) is 4.56. The number of fused-ring (bicyclic) bond motifs is 1. The summed E-state index contributed by atoms with van der Waals surface area (Å²) in [5.74, 6) is 6.18. The lowest BCUT2D eigenvalue weighted by Gasteiger charge is -2.28. The molecule has 2 aromatic heterocycles. The summed E-state index contributed by atoms with van der Waals surface area (Å²) in [5.41, 5.74) is 1.30. The number of hydrogen-bond acceptors (Lipinski definition) is 8. The van der Waals surface area contributed by atoms with E-state index in [0.717, 1.165) is 0 Å². The Morgan fingerprint density at radius 2 is 2.03 bits per heavy atom. The number of aryl methyl sites for hydroxylation is 1. The van der Waals surface area contributed by atoms with Crippen LogP contribution in [0.2, 0.25) is 0 Å². The maximum atomic E-state index is 14.0. The summed E-state index contributed by atoms with van der Waals surface area (Å²) in [6.07, 6.45) is 2.22. The van der Waals surface area contributed by atoms with Crippen molar-refractivity contribution in [2.75, 3.05) is 31.3 Å². The van der Waals surface area contributed by atoms with Crippen molar-refractivity contribution in [3.05, 3.63) is 35.9 Å². The van der Waals surface area contributed by atoms with E-state index in [1.807, 2.05) is 0 Å². The lowest BCUT2D eigenvalue weighted by Crippen LogP contribution is -2.47. The van der Waals surface area contributed by atoms with E-state index in [0.29, 0.717) is 53.3 Å². The van der Waals surface area contributed by atoms with E-state index < -0.39 is 23.7 Å². The van der Waals surface area contributed by atoms with Gasteiger partial charge in [0.05, 0.1) is 22.7 Å². The van der Waals surface area contributed by atoms with Crippen LogP contribution < -0.4 is 16.0 Å². The Morgan fingerprint density at radius 1 is 1.28 bits per heavy atom. The van der Waals surface area contributed by atoms with E-state index in [1.165, 1.54) is 16.6 Å². The summed E-state index contributed by atoms with van der Waals surface area (Å²) in [4.78, 5) is 34.6. The minimum absolute atomic E-state index is 0.268. The molecule has 1 aromatic carbocycles. The molecular weight excluding hydrogens is 503 g/mol. The molecule has 11 nitrogen and oxygen atoms in total. The number of carbonyl (C=O) groups excluding carboxylic acids is 2. The first-order valence-corrected chi connectivity index (χ1v) is 12.6. The van der Waals surface area contributed by atoms with Crippen molar-refractivity contribution in [3.63, 3.8) is 0 Å². The van der Waals surface area contributed by atoms with Gasteiger partial charge in [-0.2, -0.15) is 9.37 Å². The highest BCUT2D eigenvalue weighted by molar-refractivity contribution is 5.85. The van der Waals surface area contributed by atoms with E-state index >= 15 is 0 Å². The standard InChI is InChI=1S/C27H35FN8O3/c1-17(35(6)26(38)39-27(2,3)4)24(37)30-14-10-8-9-11-18-16-31-25(33-23(18)29-5)32-19-12-13-21-20(15-19)22(28)34-36(21)7/h12-13,15-17H,8,10,14H2,1-7H3,(H,30,37)(H2,29,31,32,33)/t17-/m0/s1. The second-order valence-electron chi connectivity index (χ2n) is 9.94. The molecule has 2 heterocycles. The first-order chi connectivity index (χ1) is 18.4. The zero-order valence-corrected chi connectivity index (χ0v) is 23.3. The predicted molar refractivity (Wildman–Crippen MR) is 148 cm³/mol. The molecule has 208 valence electrons. The third-order valence-electron chi connectivity index (χ3n) is 5.73. The van der Waals surface area contributed by atoms with E-state index in [2.05, 4.69) is 42.9 Å². The quantitative estimate of drug-likeness (QED) is 0.292. The van der Waals surface area contributed by atoms with Gasteiger partial charge >= 0.3 is 6.09 Å². The van der Waals surface area contributed by atoms with Gasteiger partial charge in [-0.25, -0.2) is 9.78 Å². The third-order valence-corrected chi connectivity index (χ3v) is 5.73. The van der Waals surface area contributed by atoms with Gasteiger partial charge in [-0.15, -0.1) is 5.10 Å².